The highest BCUT2D eigenvalue weighted by atomic mass is 16.5. The van der Waals surface area contributed by atoms with Crippen LogP contribution >= 0.6 is 0 Å². The molecule has 7 nitrogen and oxygen atoms in total. The molecule has 20 heavy (non-hydrogen) atoms. The van der Waals surface area contributed by atoms with Gasteiger partial charge < -0.3 is 14.5 Å². The minimum absolute atomic E-state index is 0.162. The molecule has 0 saturated carbocycles. The highest BCUT2D eigenvalue weighted by Gasteiger charge is 2.33. The molecule has 1 atom stereocenters. The summed E-state index contributed by atoms with van der Waals surface area (Å²) < 4.78 is 5.06. The average molecular weight is 281 g/mol. The van der Waals surface area contributed by atoms with Crippen molar-refractivity contribution < 1.29 is 19.2 Å². The molecule has 110 valence electrons. The Morgan fingerprint density at radius 3 is 2.95 bits per heavy atom. The fourth-order valence-corrected chi connectivity index (χ4v) is 2.40. The van der Waals surface area contributed by atoms with Crippen molar-refractivity contribution >= 4 is 11.9 Å². The summed E-state index contributed by atoms with van der Waals surface area (Å²) in [5.74, 6) is -0.00332. The number of carbonyl (C=O) groups excluding carboxylic acids is 1. The molecule has 1 aliphatic rings. The van der Waals surface area contributed by atoms with Gasteiger partial charge >= 0.3 is 5.97 Å². The van der Waals surface area contributed by atoms with E-state index in [0.717, 1.165) is 19.3 Å². The second-order valence-electron chi connectivity index (χ2n) is 4.94. The number of hydrogen-bond acceptors (Lipinski definition) is 5. The van der Waals surface area contributed by atoms with E-state index >= 15 is 0 Å². The van der Waals surface area contributed by atoms with E-state index in [1.807, 2.05) is 6.92 Å². The van der Waals surface area contributed by atoms with Gasteiger partial charge in [-0.25, -0.2) is 4.79 Å². The van der Waals surface area contributed by atoms with Crippen LogP contribution in [0.3, 0.4) is 0 Å². The Morgan fingerprint density at radius 1 is 1.45 bits per heavy atom. The molecular weight excluding hydrogens is 262 g/mol. The van der Waals surface area contributed by atoms with Crippen molar-refractivity contribution in [3.63, 3.8) is 0 Å². The van der Waals surface area contributed by atoms with Crippen molar-refractivity contribution in [3.05, 3.63) is 11.7 Å². The summed E-state index contributed by atoms with van der Waals surface area (Å²) >= 11 is 0. The standard InChI is InChI=1S/C13H19N3O4/c1-2-4-10-14-11(20-15-10)6-7-12(17)16-8-3-5-9(16)13(18)19/h9H,2-8H2,1H3,(H,18,19)/t9-/m0/s1. The van der Waals surface area contributed by atoms with Crippen LogP contribution in [0.5, 0.6) is 0 Å². The average Bonchev–Trinajstić information content (AvgIpc) is 3.05. The molecule has 0 spiro atoms. The number of carboxylic acids is 1. The maximum atomic E-state index is 12.0. The molecule has 0 unspecified atom stereocenters. The second-order valence-corrected chi connectivity index (χ2v) is 4.94. The van der Waals surface area contributed by atoms with Crippen LogP contribution in [0.25, 0.3) is 0 Å². The van der Waals surface area contributed by atoms with E-state index in [1.165, 1.54) is 4.90 Å². The van der Waals surface area contributed by atoms with Crippen LogP contribution in [0.1, 0.15) is 44.3 Å². The third-order valence-corrected chi connectivity index (χ3v) is 3.39. The number of aliphatic carboxylic acids is 1. The van der Waals surface area contributed by atoms with E-state index in [4.69, 9.17) is 9.63 Å². The van der Waals surface area contributed by atoms with Crippen molar-refractivity contribution in [1.29, 1.82) is 0 Å². The van der Waals surface area contributed by atoms with Gasteiger partial charge in [0.25, 0.3) is 0 Å². The zero-order valence-electron chi connectivity index (χ0n) is 11.5. The Labute approximate surface area is 117 Å². The normalized spacial score (nSPS) is 18.4. The zero-order valence-corrected chi connectivity index (χ0v) is 11.5. The van der Waals surface area contributed by atoms with Crippen molar-refractivity contribution in [2.75, 3.05) is 6.54 Å². The summed E-state index contributed by atoms with van der Waals surface area (Å²) in [5.41, 5.74) is 0. The van der Waals surface area contributed by atoms with Gasteiger partial charge in [-0.15, -0.1) is 0 Å². The lowest BCUT2D eigenvalue weighted by Crippen LogP contribution is -2.40. The van der Waals surface area contributed by atoms with E-state index in [0.29, 0.717) is 31.1 Å². The highest BCUT2D eigenvalue weighted by Crippen LogP contribution is 2.19. The third kappa shape index (κ3) is 3.34. The van der Waals surface area contributed by atoms with Crippen LogP contribution in [0, 0.1) is 0 Å². The molecule has 1 aliphatic heterocycles. The minimum Gasteiger partial charge on any atom is -0.480 e. The molecule has 2 heterocycles. The summed E-state index contributed by atoms with van der Waals surface area (Å²) in [6.07, 6.45) is 3.53. The van der Waals surface area contributed by atoms with E-state index < -0.39 is 12.0 Å². The number of amides is 1. The molecule has 0 bridgehead atoms. The van der Waals surface area contributed by atoms with Crippen LogP contribution in [0.4, 0.5) is 0 Å². The second kappa shape index (κ2) is 6.49. The van der Waals surface area contributed by atoms with Crippen molar-refractivity contribution in [3.8, 4) is 0 Å². The van der Waals surface area contributed by atoms with Gasteiger partial charge in [0, 0.05) is 25.8 Å². The third-order valence-electron chi connectivity index (χ3n) is 3.39. The Balaban J connectivity index is 1.86. The first-order valence-electron chi connectivity index (χ1n) is 6.95. The smallest absolute Gasteiger partial charge is 0.326 e. The van der Waals surface area contributed by atoms with E-state index in [9.17, 15) is 9.59 Å². The maximum absolute atomic E-state index is 12.0. The van der Waals surface area contributed by atoms with Crippen LogP contribution in [0.15, 0.2) is 4.52 Å². The molecule has 1 amide bonds. The molecule has 0 aliphatic carbocycles. The van der Waals surface area contributed by atoms with Gasteiger partial charge in [-0.1, -0.05) is 12.1 Å². The molecule has 0 aromatic carbocycles. The first kappa shape index (κ1) is 14.5. The molecule has 1 saturated heterocycles. The fourth-order valence-electron chi connectivity index (χ4n) is 2.40. The van der Waals surface area contributed by atoms with Gasteiger partial charge in [0.15, 0.2) is 5.82 Å². The number of nitrogens with zero attached hydrogens (tertiary/aromatic N) is 3. The van der Waals surface area contributed by atoms with E-state index in [-0.39, 0.29) is 12.3 Å². The molecule has 7 heteroatoms. The number of carbonyl (C=O) groups is 2. The van der Waals surface area contributed by atoms with Crippen molar-refractivity contribution in [2.45, 2.75) is 51.5 Å². The summed E-state index contributed by atoms with van der Waals surface area (Å²) in [4.78, 5) is 28.7. The molecule has 1 aromatic rings. The molecular formula is C13H19N3O4. The number of likely N-dealkylation sites (tertiary alicyclic amines) is 1. The summed E-state index contributed by atoms with van der Waals surface area (Å²) in [6.45, 7) is 2.54. The van der Waals surface area contributed by atoms with Gasteiger partial charge in [0.1, 0.15) is 6.04 Å². The van der Waals surface area contributed by atoms with Crippen LogP contribution in [0.2, 0.25) is 0 Å². The fraction of sp³-hybridized carbons (Fsp3) is 0.692. The predicted octanol–water partition coefficient (Wildman–Crippen LogP) is 1.03. The van der Waals surface area contributed by atoms with Gasteiger partial charge in [0.05, 0.1) is 0 Å². The topological polar surface area (TPSA) is 96.5 Å². The van der Waals surface area contributed by atoms with E-state index in [2.05, 4.69) is 10.1 Å². The lowest BCUT2D eigenvalue weighted by Gasteiger charge is -2.20. The molecule has 1 N–H and O–H groups in total. The van der Waals surface area contributed by atoms with E-state index in [1.54, 1.807) is 0 Å². The lowest BCUT2D eigenvalue weighted by atomic mass is 10.2. The van der Waals surface area contributed by atoms with Gasteiger partial charge in [-0.3, -0.25) is 4.79 Å². The monoisotopic (exact) mass is 281 g/mol. The van der Waals surface area contributed by atoms with Crippen molar-refractivity contribution in [1.82, 2.24) is 15.0 Å². The minimum atomic E-state index is -0.932. The summed E-state index contributed by atoms with van der Waals surface area (Å²) in [6, 6.07) is -0.680. The Hall–Kier alpha value is -1.92. The van der Waals surface area contributed by atoms with Crippen molar-refractivity contribution in [2.24, 2.45) is 0 Å². The maximum Gasteiger partial charge on any atom is 0.326 e. The highest BCUT2D eigenvalue weighted by molar-refractivity contribution is 5.84. The Kier molecular flexibility index (Phi) is 4.70. The summed E-state index contributed by atoms with van der Waals surface area (Å²) in [5, 5.41) is 12.9. The summed E-state index contributed by atoms with van der Waals surface area (Å²) in [7, 11) is 0. The quantitative estimate of drug-likeness (QED) is 0.836. The van der Waals surface area contributed by atoms with Crippen LogP contribution in [-0.4, -0.2) is 44.6 Å². The first-order chi connectivity index (χ1) is 9.61. The van der Waals surface area contributed by atoms with Crippen LogP contribution < -0.4 is 0 Å². The van der Waals surface area contributed by atoms with Gasteiger partial charge in [0.2, 0.25) is 11.8 Å². The molecule has 1 fully saturated rings. The SMILES string of the molecule is CCCc1noc(CCC(=O)N2CCC[C@H]2C(=O)O)n1. The van der Waals surface area contributed by atoms with Gasteiger partial charge in [-0.2, -0.15) is 4.98 Å². The number of hydrogen-bond donors (Lipinski definition) is 1. The Morgan fingerprint density at radius 2 is 2.25 bits per heavy atom. The number of rotatable bonds is 6. The van der Waals surface area contributed by atoms with Crippen LogP contribution in [-0.2, 0) is 22.4 Å². The first-order valence-corrected chi connectivity index (χ1v) is 6.95. The zero-order chi connectivity index (χ0) is 14.5. The molecule has 1 aromatic heterocycles. The number of aromatic nitrogens is 2. The number of aryl methyl sites for hydroxylation is 2. The molecule has 0 radical (unpaired) electrons. The molecule has 2 rings (SSSR count). The predicted molar refractivity (Wildman–Crippen MR) is 69.0 cm³/mol. The lowest BCUT2D eigenvalue weighted by molar-refractivity contribution is -0.148. The van der Waals surface area contributed by atoms with Gasteiger partial charge in [-0.05, 0) is 19.3 Å². The largest absolute Gasteiger partial charge is 0.480 e. The Bertz CT molecular complexity index is 486. The number of carboxylic acid groups (broad SMARTS) is 1.